The Labute approximate surface area is 108 Å². The van der Waals surface area contributed by atoms with Crippen LogP contribution in [0.5, 0.6) is 5.75 Å². The lowest BCUT2D eigenvalue weighted by Crippen LogP contribution is -2.18. The highest BCUT2D eigenvalue weighted by molar-refractivity contribution is 7.91. The molecule has 1 unspecified atom stereocenters. The average molecular weight is 298 g/mol. The summed E-state index contributed by atoms with van der Waals surface area (Å²) < 4.78 is 62.9. The number of benzene rings is 1. The maximum Gasteiger partial charge on any atom is 0.573 e. The summed E-state index contributed by atoms with van der Waals surface area (Å²) in [6.45, 7) is 0.909. The molecule has 0 bridgehead atoms. The van der Waals surface area contributed by atoms with Crippen LogP contribution in [0.15, 0.2) is 24.3 Å². The van der Waals surface area contributed by atoms with Gasteiger partial charge in [-0.3, -0.25) is 0 Å². The molecular weight excluding hydrogens is 285 g/mol. The second kappa shape index (κ2) is 5.79. The zero-order valence-corrected chi connectivity index (χ0v) is 10.8. The minimum absolute atomic E-state index is 0.336. The monoisotopic (exact) mass is 298 g/mol. The van der Waals surface area contributed by atoms with E-state index in [1.165, 1.54) is 19.1 Å². The van der Waals surface area contributed by atoms with Crippen molar-refractivity contribution in [3.63, 3.8) is 0 Å². The van der Waals surface area contributed by atoms with E-state index in [0.717, 1.165) is 12.1 Å². The van der Waals surface area contributed by atoms with Crippen LogP contribution in [0.25, 0.3) is 0 Å². The van der Waals surface area contributed by atoms with Gasteiger partial charge in [-0.1, -0.05) is 12.1 Å². The molecule has 0 radical (unpaired) electrons. The molecule has 1 N–H and O–H groups in total. The van der Waals surface area contributed by atoms with Crippen LogP contribution in [-0.4, -0.2) is 32.2 Å². The van der Waals surface area contributed by atoms with Crippen molar-refractivity contribution in [2.24, 2.45) is 0 Å². The molecule has 19 heavy (non-hydrogen) atoms. The first-order valence-corrected chi connectivity index (χ1v) is 7.05. The molecule has 4 nitrogen and oxygen atoms in total. The third-order valence-corrected chi connectivity index (χ3v) is 4.60. The minimum atomic E-state index is -4.78. The van der Waals surface area contributed by atoms with E-state index < -0.39 is 39.6 Å². The van der Waals surface area contributed by atoms with Crippen LogP contribution in [0.3, 0.4) is 0 Å². The van der Waals surface area contributed by atoms with E-state index in [0.29, 0.717) is 5.56 Å². The van der Waals surface area contributed by atoms with Gasteiger partial charge in [0.15, 0.2) is 9.84 Å². The quantitative estimate of drug-likeness (QED) is 0.903. The lowest BCUT2D eigenvalue weighted by Gasteiger charge is -2.14. The summed E-state index contributed by atoms with van der Waals surface area (Å²) in [5, 5.41) is 7.74. The summed E-state index contributed by atoms with van der Waals surface area (Å²) in [7, 11) is -3.52. The van der Waals surface area contributed by atoms with Gasteiger partial charge in [-0.2, -0.15) is 0 Å². The number of rotatable bonds is 5. The Balaban J connectivity index is 2.87. The molecule has 1 atom stereocenters. The molecule has 0 aliphatic carbocycles. The first-order chi connectivity index (χ1) is 8.65. The molecule has 1 rings (SSSR count). The van der Waals surface area contributed by atoms with Gasteiger partial charge in [0.1, 0.15) is 5.75 Å². The summed E-state index contributed by atoms with van der Waals surface area (Å²) in [5.41, 5.74) is 0.336. The standard InChI is InChI=1S/C11H13F3O4S/c1-8(19(16,17)7-6-15)9-2-4-10(5-3-9)18-11(12,13)14/h2-5,8,15H,6-7H2,1H3. The van der Waals surface area contributed by atoms with Crippen molar-refractivity contribution in [1.82, 2.24) is 0 Å². The molecule has 0 heterocycles. The number of sulfone groups is 1. The smallest absolute Gasteiger partial charge is 0.406 e. The Morgan fingerprint density at radius 2 is 1.79 bits per heavy atom. The summed E-state index contributed by atoms with van der Waals surface area (Å²) in [6.07, 6.45) is -4.78. The Kier molecular flexibility index (Phi) is 4.81. The summed E-state index contributed by atoms with van der Waals surface area (Å²) in [5.74, 6) is -0.808. The fourth-order valence-corrected chi connectivity index (χ4v) is 2.63. The van der Waals surface area contributed by atoms with Crippen molar-refractivity contribution in [3.05, 3.63) is 29.8 Å². The number of ether oxygens (including phenoxy) is 1. The van der Waals surface area contributed by atoms with E-state index in [1.54, 1.807) is 0 Å². The fraction of sp³-hybridized carbons (Fsp3) is 0.455. The van der Waals surface area contributed by atoms with Crippen molar-refractivity contribution in [1.29, 1.82) is 0 Å². The molecule has 1 aromatic rings. The molecule has 0 amide bonds. The van der Waals surface area contributed by atoms with E-state index in [1.807, 2.05) is 0 Å². The first kappa shape index (κ1) is 15.8. The van der Waals surface area contributed by atoms with Gasteiger partial charge < -0.3 is 9.84 Å². The van der Waals surface area contributed by atoms with Crippen molar-refractivity contribution >= 4 is 9.84 Å². The predicted octanol–water partition coefficient (Wildman–Crippen LogP) is 2.05. The van der Waals surface area contributed by atoms with Crippen molar-refractivity contribution in [3.8, 4) is 5.75 Å². The molecule has 108 valence electrons. The van der Waals surface area contributed by atoms with Crippen LogP contribution < -0.4 is 4.74 Å². The molecule has 0 spiro atoms. The van der Waals surface area contributed by atoms with E-state index in [4.69, 9.17) is 5.11 Å². The second-order valence-corrected chi connectivity index (χ2v) is 6.29. The second-order valence-electron chi connectivity index (χ2n) is 3.85. The Morgan fingerprint density at radius 3 is 2.21 bits per heavy atom. The number of aliphatic hydroxyl groups is 1. The van der Waals surface area contributed by atoms with Crippen LogP contribution in [0.1, 0.15) is 17.7 Å². The maximum absolute atomic E-state index is 11.9. The maximum atomic E-state index is 11.9. The normalized spacial score (nSPS) is 14.2. The zero-order valence-electron chi connectivity index (χ0n) is 10.0. The van der Waals surface area contributed by atoms with Crippen LogP contribution in [-0.2, 0) is 9.84 Å². The Morgan fingerprint density at radius 1 is 1.26 bits per heavy atom. The lowest BCUT2D eigenvalue weighted by atomic mass is 10.1. The molecule has 0 saturated carbocycles. The van der Waals surface area contributed by atoms with Gasteiger partial charge in [-0.05, 0) is 24.6 Å². The molecule has 0 aliphatic rings. The topological polar surface area (TPSA) is 63.6 Å². The van der Waals surface area contributed by atoms with Crippen molar-refractivity contribution in [2.45, 2.75) is 18.5 Å². The summed E-state index contributed by atoms with van der Waals surface area (Å²) in [4.78, 5) is 0. The minimum Gasteiger partial charge on any atom is -0.406 e. The molecule has 8 heteroatoms. The Hall–Kier alpha value is -1.28. The fourth-order valence-electron chi connectivity index (χ4n) is 1.45. The predicted molar refractivity (Wildman–Crippen MR) is 62.4 cm³/mol. The van der Waals surface area contributed by atoms with Gasteiger partial charge in [0, 0.05) is 0 Å². The van der Waals surface area contributed by atoms with Crippen LogP contribution in [0.2, 0.25) is 0 Å². The van der Waals surface area contributed by atoms with Crippen LogP contribution >= 0.6 is 0 Å². The van der Waals surface area contributed by atoms with Crippen molar-refractivity contribution < 1.29 is 31.4 Å². The number of halogens is 3. The largest absolute Gasteiger partial charge is 0.573 e. The molecule has 0 fully saturated rings. The molecule has 0 saturated heterocycles. The average Bonchev–Trinajstić information content (AvgIpc) is 2.27. The highest BCUT2D eigenvalue weighted by Gasteiger charge is 2.31. The van der Waals surface area contributed by atoms with Crippen molar-refractivity contribution in [2.75, 3.05) is 12.4 Å². The highest BCUT2D eigenvalue weighted by atomic mass is 32.2. The molecule has 0 aromatic heterocycles. The molecular formula is C11H13F3O4S. The number of hydrogen-bond acceptors (Lipinski definition) is 4. The number of hydrogen-bond donors (Lipinski definition) is 1. The Bertz CT molecular complexity index is 508. The molecule has 0 aliphatic heterocycles. The zero-order chi connectivity index (χ0) is 14.7. The van der Waals surface area contributed by atoms with E-state index >= 15 is 0 Å². The number of aliphatic hydroxyl groups excluding tert-OH is 1. The molecule has 1 aromatic carbocycles. The third-order valence-electron chi connectivity index (χ3n) is 2.50. The van der Waals surface area contributed by atoms with Gasteiger partial charge >= 0.3 is 6.36 Å². The van der Waals surface area contributed by atoms with Gasteiger partial charge in [0.25, 0.3) is 0 Å². The third kappa shape index (κ3) is 4.71. The van der Waals surface area contributed by atoms with Gasteiger partial charge in [-0.15, -0.1) is 13.2 Å². The van der Waals surface area contributed by atoms with E-state index in [2.05, 4.69) is 4.74 Å². The van der Waals surface area contributed by atoms with E-state index in [9.17, 15) is 21.6 Å². The number of alkyl halides is 3. The van der Waals surface area contributed by atoms with Gasteiger partial charge in [-0.25, -0.2) is 8.42 Å². The van der Waals surface area contributed by atoms with Crippen LogP contribution in [0, 0.1) is 0 Å². The lowest BCUT2D eigenvalue weighted by molar-refractivity contribution is -0.274. The van der Waals surface area contributed by atoms with Gasteiger partial charge in [0.2, 0.25) is 0 Å². The SMILES string of the molecule is CC(c1ccc(OC(F)(F)F)cc1)S(=O)(=O)CCO. The van der Waals surface area contributed by atoms with E-state index in [-0.39, 0.29) is 0 Å². The van der Waals surface area contributed by atoms with Crippen LogP contribution in [0.4, 0.5) is 13.2 Å². The summed E-state index contributed by atoms with van der Waals surface area (Å²) in [6, 6.07) is 4.60. The summed E-state index contributed by atoms with van der Waals surface area (Å²) >= 11 is 0. The van der Waals surface area contributed by atoms with Gasteiger partial charge in [0.05, 0.1) is 17.6 Å². The highest BCUT2D eigenvalue weighted by Crippen LogP contribution is 2.27. The first-order valence-electron chi connectivity index (χ1n) is 5.34.